The predicted molar refractivity (Wildman–Crippen MR) is 107 cm³/mol. The van der Waals surface area contributed by atoms with Gasteiger partial charge in [-0.15, -0.1) is 0 Å². The number of nitrogens with zero attached hydrogens (tertiary/aromatic N) is 2. The lowest BCUT2D eigenvalue weighted by molar-refractivity contribution is 0.229. The lowest BCUT2D eigenvalue weighted by Crippen LogP contribution is -2.35. The van der Waals surface area contributed by atoms with Crippen molar-refractivity contribution in [2.75, 3.05) is 6.61 Å². The highest BCUT2D eigenvalue weighted by Gasteiger charge is 2.18. The minimum absolute atomic E-state index is 0.171. The number of nitrogens with two attached hydrogens (primary N) is 1. The summed E-state index contributed by atoms with van der Waals surface area (Å²) < 4.78 is 33.6. The highest BCUT2D eigenvalue weighted by molar-refractivity contribution is 6.31. The van der Waals surface area contributed by atoms with Crippen LogP contribution in [0, 0.1) is 17.6 Å². The van der Waals surface area contributed by atoms with Crippen molar-refractivity contribution in [3.8, 4) is 17.0 Å². The van der Waals surface area contributed by atoms with Crippen molar-refractivity contribution in [2.45, 2.75) is 32.7 Å². The first-order valence-corrected chi connectivity index (χ1v) is 9.34. The van der Waals surface area contributed by atoms with Crippen molar-refractivity contribution < 1.29 is 13.5 Å². The molecule has 148 valence electrons. The number of aromatic nitrogens is 2. The van der Waals surface area contributed by atoms with Gasteiger partial charge in [0, 0.05) is 34.8 Å². The Morgan fingerprint density at radius 3 is 2.64 bits per heavy atom. The predicted octanol–water partition coefficient (Wildman–Crippen LogP) is 5.37. The lowest BCUT2D eigenvalue weighted by atomic mass is 9.93. The number of ether oxygens (including phenoxy) is 1. The summed E-state index contributed by atoms with van der Waals surface area (Å²) >= 11 is 6.28. The van der Waals surface area contributed by atoms with Crippen LogP contribution in [-0.2, 0) is 0 Å². The van der Waals surface area contributed by atoms with Gasteiger partial charge in [-0.05, 0) is 44.4 Å². The third-order valence-corrected chi connectivity index (χ3v) is 4.52. The minimum Gasteiger partial charge on any atom is -0.490 e. The molecule has 0 fully saturated rings. The van der Waals surface area contributed by atoms with E-state index in [4.69, 9.17) is 22.1 Å². The Labute approximate surface area is 167 Å². The maximum atomic E-state index is 14.3. The number of benzene rings is 1. The molecule has 3 aromatic rings. The average Bonchev–Trinajstić information content (AvgIpc) is 2.58. The fraction of sp³-hybridized carbons (Fsp3) is 0.333. The zero-order valence-electron chi connectivity index (χ0n) is 16.0. The first-order chi connectivity index (χ1) is 13.1. The first-order valence-electron chi connectivity index (χ1n) is 8.96. The van der Waals surface area contributed by atoms with Gasteiger partial charge >= 0.3 is 0 Å². The van der Waals surface area contributed by atoms with E-state index in [9.17, 15) is 8.78 Å². The highest BCUT2D eigenvalue weighted by Crippen LogP contribution is 2.32. The Balaban J connectivity index is 1.86. The fourth-order valence-corrected chi connectivity index (χ4v) is 3.49. The van der Waals surface area contributed by atoms with Crippen LogP contribution in [0.15, 0.2) is 36.5 Å². The highest BCUT2D eigenvalue weighted by atomic mass is 35.5. The van der Waals surface area contributed by atoms with E-state index in [0.717, 1.165) is 12.5 Å². The van der Waals surface area contributed by atoms with E-state index in [1.54, 1.807) is 18.2 Å². The van der Waals surface area contributed by atoms with Gasteiger partial charge in [-0.3, -0.25) is 4.98 Å². The molecule has 2 N–H and O–H groups in total. The maximum Gasteiger partial charge on any atom is 0.171 e. The molecule has 0 saturated heterocycles. The summed E-state index contributed by atoms with van der Waals surface area (Å²) in [4.78, 5) is 8.37. The molecule has 2 aromatic heterocycles. The van der Waals surface area contributed by atoms with E-state index >= 15 is 0 Å². The number of rotatable bonds is 6. The van der Waals surface area contributed by atoms with Gasteiger partial charge in [0.15, 0.2) is 10.9 Å². The van der Waals surface area contributed by atoms with Gasteiger partial charge in [0.25, 0.3) is 0 Å². The Morgan fingerprint density at radius 2 is 1.96 bits per heavy atom. The maximum absolute atomic E-state index is 14.3. The zero-order chi connectivity index (χ0) is 20.5. The summed E-state index contributed by atoms with van der Waals surface area (Å²) in [5.74, 6) is -0.699. The number of hydrogen-bond acceptors (Lipinski definition) is 4. The average molecular weight is 406 g/mol. The number of hydrogen-bond donors (Lipinski definition) is 1. The number of pyridine rings is 2. The van der Waals surface area contributed by atoms with Crippen LogP contribution in [-0.4, -0.2) is 22.1 Å². The lowest BCUT2D eigenvalue weighted by Gasteiger charge is -2.23. The Morgan fingerprint density at radius 1 is 1.21 bits per heavy atom. The molecule has 28 heavy (non-hydrogen) atoms. The van der Waals surface area contributed by atoms with Gasteiger partial charge in [-0.25, -0.2) is 13.8 Å². The molecule has 1 aromatic carbocycles. The van der Waals surface area contributed by atoms with E-state index in [1.165, 1.54) is 12.3 Å². The molecule has 4 nitrogen and oxygen atoms in total. The van der Waals surface area contributed by atoms with Crippen LogP contribution < -0.4 is 10.5 Å². The van der Waals surface area contributed by atoms with Crippen LogP contribution >= 0.6 is 11.6 Å². The number of halogens is 3. The molecule has 0 bridgehead atoms. The Hall–Kier alpha value is -2.31. The molecule has 7 heteroatoms. The van der Waals surface area contributed by atoms with Crippen LogP contribution in [0.25, 0.3) is 22.2 Å². The SMILES string of the molecule is CC(COc1ccc(-c2ccnc3cc(F)cc(F)c23)nc1Cl)CC(C)(C)N. The van der Waals surface area contributed by atoms with E-state index in [1.807, 2.05) is 13.8 Å². The Kier molecular flexibility index (Phi) is 5.82. The summed E-state index contributed by atoms with van der Waals surface area (Å²) in [6.07, 6.45) is 2.28. The number of fused-ring (bicyclic) bond motifs is 1. The van der Waals surface area contributed by atoms with Crippen molar-refractivity contribution in [3.05, 3.63) is 53.3 Å². The van der Waals surface area contributed by atoms with E-state index in [2.05, 4.69) is 16.9 Å². The first kappa shape index (κ1) is 20.4. The van der Waals surface area contributed by atoms with Gasteiger partial charge < -0.3 is 10.5 Å². The minimum atomic E-state index is -0.699. The normalized spacial score (nSPS) is 13.0. The molecule has 0 saturated carbocycles. The topological polar surface area (TPSA) is 61.0 Å². The smallest absolute Gasteiger partial charge is 0.171 e. The summed E-state index contributed by atoms with van der Waals surface area (Å²) in [5.41, 5.74) is 6.90. The van der Waals surface area contributed by atoms with Crippen LogP contribution in [0.4, 0.5) is 8.78 Å². The molecule has 0 aliphatic heterocycles. The second kappa shape index (κ2) is 7.97. The molecule has 0 aliphatic carbocycles. The molecular formula is C21H22ClF2N3O. The van der Waals surface area contributed by atoms with Crippen molar-refractivity contribution in [1.82, 2.24) is 9.97 Å². The molecule has 0 spiro atoms. The van der Waals surface area contributed by atoms with Crippen molar-refractivity contribution in [1.29, 1.82) is 0 Å². The van der Waals surface area contributed by atoms with Gasteiger partial charge in [0.1, 0.15) is 11.6 Å². The van der Waals surface area contributed by atoms with E-state index in [-0.39, 0.29) is 27.5 Å². The molecule has 0 amide bonds. The molecule has 1 unspecified atom stereocenters. The van der Waals surface area contributed by atoms with Crippen LogP contribution in [0.1, 0.15) is 27.2 Å². The largest absolute Gasteiger partial charge is 0.490 e. The zero-order valence-corrected chi connectivity index (χ0v) is 16.7. The second-order valence-corrected chi connectivity index (χ2v) is 8.09. The summed E-state index contributed by atoms with van der Waals surface area (Å²) in [6, 6.07) is 7.01. The van der Waals surface area contributed by atoms with Gasteiger partial charge in [0.05, 0.1) is 17.8 Å². The fourth-order valence-electron chi connectivity index (χ4n) is 3.29. The summed E-state index contributed by atoms with van der Waals surface area (Å²) in [7, 11) is 0. The summed E-state index contributed by atoms with van der Waals surface area (Å²) in [6.45, 7) is 6.44. The molecular weight excluding hydrogens is 384 g/mol. The quantitative estimate of drug-likeness (QED) is 0.560. The molecule has 0 radical (unpaired) electrons. The Bertz CT molecular complexity index is 1000. The standard InChI is InChI=1S/C21H22ClF2N3O/c1-12(10-21(2,3)25)11-28-18-5-4-16(27-20(18)22)14-6-7-26-17-9-13(23)8-15(24)19(14)17/h4-9,12H,10-11,25H2,1-3H3. The van der Waals surface area contributed by atoms with Crippen molar-refractivity contribution in [3.63, 3.8) is 0 Å². The molecule has 0 aliphatic rings. The summed E-state index contributed by atoms with van der Waals surface area (Å²) in [5, 5.41) is 0.365. The van der Waals surface area contributed by atoms with Gasteiger partial charge in [-0.1, -0.05) is 18.5 Å². The van der Waals surface area contributed by atoms with Crippen LogP contribution in [0.2, 0.25) is 5.15 Å². The van der Waals surface area contributed by atoms with E-state index < -0.39 is 11.6 Å². The third-order valence-electron chi connectivity index (χ3n) is 4.25. The van der Waals surface area contributed by atoms with Gasteiger partial charge in [-0.2, -0.15) is 0 Å². The second-order valence-electron chi connectivity index (χ2n) is 7.73. The van der Waals surface area contributed by atoms with Crippen LogP contribution in [0.5, 0.6) is 5.75 Å². The van der Waals surface area contributed by atoms with Gasteiger partial charge in [0.2, 0.25) is 0 Å². The van der Waals surface area contributed by atoms with E-state index in [0.29, 0.717) is 23.6 Å². The van der Waals surface area contributed by atoms with Crippen molar-refractivity contribution in [2.24, 2.45) is 11.7 Å². The van der Waals surface area contributed by atoms with Crippen molar-refractivity contribution >= 4 is 22.5 Å². The third kappa shape index (κ3) is 4.75. The molecule has 1 atom stereocenters. The molecule has 2 heterocycles. The monoisotopic (exact) mass is 405 g/mol. The van der Waals surface area contributed by atoms with Crippen LogP contribution in [0.3, 0.4) is 0 Å². The molecule has 3 rings (SSSR count).